The summed E-state index contributed by atoms with van der Waals surface area (Å²) in [6, 6.07) is 5.15. The first-order chi connectivity index (χ1) is 8.99. The number of rotatable bonds is 7. The van der Waals surface area contributed by atoms with Crippen molar-refractivity contribution < 1.29 is 17.9 Å². The number of hydrogen-bond donors (Lipinski definition) is 1. The van der Waals surface area contributed by atoms with Gasteiger partial charge in [-0.05, 0) is 37.2 Å². The van der Waals surface area contributed by atoms with Gasteiger partial charge in [0.1, 0.15) is 0 Å². The highest BCUT2D eigenvalue weighted by molar-refractivity contribution is 5.48. The summed E-state index contributed by atoms with van der Waals surface area (Å²) in [6.45, 7) is 2.39. The monoisotopic (exact) mass is 276 g/mol. The summed E-state index contributed by atoms with van der Waals surface area (Å²) in [5, 5.41) is 0. The van der Waals surface area contributed by atoms with Crippen molar-refractivity contribution in [3.05, 3.63) is 29.8 Å². The van der Waals surface area contributed by atoms with Gasteiger partial charge in [-0.15, -0.1) is 0 Å². The SMILES string of the molecule is COCCN(CCCN)c1ccc(C(F)(F)F)cc1. The van der Waals surface area contributed by atoms with Gasteiger partial charge in [-0.25, -0.2) is 0 Å². The Bertz CT molecular complexity index is 357. The molecule has 0 amide bonds. The number of hydrogen-bond acceptors (Lipinski definition) is 3. The van der Waals surface area contributed by atoms with Crippen LogP contribution in [0, 0.1) is 0 Å². The molecular formula is C13H19F3N2O. The molecule has 0 radical (unpaired) electrons. The van der Waals surface area contributed by atoms with Gasteiger partial charge in [0.2, 0.25) is 0 Å². The molecule has 0 fully saturated rings. The van der Waals surface area contributed by atoms with Crippen molar-refractivity contribution in [3.8, 4) is 0 Å². The zero-order valence-corrected chi connectivity index (χ0v) is 10.9. The van der Waals surface area contributed by atoms with Crippen molar-refractivity contribution in [3.63, 3.8) is 0 Å². The molecule has 0 saturated heterocycles. The van der Waals surface area contributed by atoms with E-state index in [0.717, 1.165) is 24.2 Å². The van der Waals surface area contributed by atoms with Crippen molar-refractivity contribution in [2.45, 2.75) is 12.6 Å². The maximum absolute atomic E-state index is 12.5. The van der Waals surface area contributed by atoms with Crippen LogP contribution in [-0.2, 0) is 10.9 Å². The summed E-state index contributed by atoms with van der Waals surface area (Å²) in [4.78, 5) is 1.97. The number of benzene rings is 1. The second-order valence-electron chi connectivity index (χ2n) is 4.17. The number of halogens is 3. The predicted molar refractivity (Wildman–Crippen MR) is 69.2 cm³/mol. The van der Waals surface area contributed by atoms with Crippen LogP contribution in [0.4, 0.5) is 18.9 Å². The normalized spacial score (nSPS) is 11.6. The average molecular weight is 276 g/mol. The second kappa shape index (κ2) is 7.35. The van der Waals surface area contributed by atoms with Gasteiger partial charge < -0.3 is 15.4 Å². The number of ether oxygens (including phenoxy) is 1. The van der Waals surface area contributed by atoms with Crippen LogP contribution in [0.5, 0.6) is 0 Å². The van der Waals surface area contributed by atoms with E-state index in [4.69, 9.17) is 10.5 Å². The maximum atomic E-state index is 12.5. The molecule has 3 nitrogen and oxygen atoms in total. The Morgan fingerprint density at radius 3 is 2.26 bits per heavy atom. The van der Waals surface area contributed by atoms with Crippen molar-refractivity contribution >= 4 is 5.69 Å². The number of nitrogens with zero attached hydrogens (tertiary/aromatic N) is 1. The Morgan fingerprint density at radius 2 is 1.79 bits per heavy atom. The molecule has 0 aliphatic heterocycles. The summed E-state index contributed by atoms with van der Waals surface area (Å²) < 4.78 is 42.4. The van der Waals surface area contributed by atoms with Gasteiger partial charge in [0.25, 0.3) is 0 Å². The molecule has 0 aliphatic rings. The summed E-state index contributed by atoms with van der Waals surface area (Å²) in [7, 11) is 1.59. The summed E-state index contributed by atoms with van der Waals surface area (Å²) in [5.74, 6) is 0. The third kappa shape index (κ3) is 5.08. The third-order valence-corrected chi connectivity index (χ3v) is 2.76. The van der Waals surface area contributed by atoms with Gasteiger partial charge in [0.05, 0.1) is 12.2 Å². The second-order valence-corrected chi connectivity index (χ2v) is 4.17. The molecule has 2 N–H and O–H groups in total. The molecular weight excluding hydrogens is 257 g/mol. The molecule has 108 valence electrons. The van der Waals surface area contributed by atoms with E-state index >= 15 is 0 Å². The molecule has 0 unspecified atom stereocenters. The molecule has 0 bridgehead atoms. The molecule has 6 heteroatoms. The smallest absolute Gasteiger partial charge is 0.383 e. The predicted octanol–water partition coefficient (Wildman–Crippen LogP) is 2.51. The lowest BCUT2D eigenvalue weighted by molar-refractivity contribution is -0.137. The van der Waals surface area contributed by atoms with E-state index < -0.39 is 11.7 Å². The lowest BCUT2D eigenvalue weighted by Crippen LogP contribution is -2.29. The van der Waals surface area contributed by atoms with Crippen LogP contribution < -0.4 is 10.6 Å². The van der Waals surface area contributed by atoms with Gasteiger partial charge >= 0.3 is 6.18 Å². The van der Waals surface area contributed by atoms with Crippen molar-refractivity contribution in [2.75, 3.05) is 38.3 Å². The van der Waals surface area contributed by atoms with Crippen LogP contribution in [-0.4, -0.2) is 33.4 Å². The first-order valence-electron chi connectivity index (χ1n) is 6.10. The van der Waals surface area contributed by atoms with Gasteiger partial charge in [-0.3, -0.25) is 0 Å². The average Bonchev–Trinajstić information content (AvgIpc) is 2.38. The minimum atomic E-state index is -4.30. The fourth-order valence-electron chi connectivity index (χ4n) is 1.71. The molecule has 19 heavy (non-hydrogen) atoms. The summed E-state index contributed by atoms with van der Waals surface area (Å²) in [5.41, 5.74) is 5.57. The maximum Gasteiger partial charge on any atom is 0.416 e. The molecule has 0 atom stereocenters. The first-order valence-corrected chi connectivity index (χ1v) is 6.10. The van der Waals surface area contributed by atoms with Crippen LogP contribution in [0.25, 0.3) is 0 Å². The first kappa shape index (κ1) is 15.8. The molecule has 0 heterocycles. The van der Waals surface area contributed by atoms with Crippen LogP contribution in [0.15, 0.2) is 24.3 Å². The Hall–Kier alpha value is -1.27. The molecule has 0 aliphatic carbocycles. The lowest BCUT2D eigenvalue weighted by Gasteiger charge is -2.24. The minimum absolute atomic E-state index is 0.519. The van der Waals surface area contributed by atoms with Crippen molar-refractivity contribution in [1.82, 2.24) is 0 Å². The van der Waals surface area contributed by atoms with Crippen molar-refractivity contribution in [1.29, 1.82) is 0 Å². The molecule has 0 saturated carbocycles. The summed E-state index contributed by atoms with van der Waals surface area (Å²) >= 11 is 0. The fourth-order valence-corrected chi connectivity index (χ4v) is 1.71. The van der Waals surface area contributed by atoms with Crippen LogP contribution in [0.1, 0.15) is 12.0 Å². The van der Waals surface area contributed by atoms with E-state index in [1.807, 2.05) is 4.90 Å². The Kier molecular flexibility index (Phi) is 6.11. The quantitative estimate of drug-likeness (QED) is 0.831. The number of anilines is 1. The Morgan fingerprint density at radius 1 is 1.16 bits per heavy atom. The van der Waals surface area contributed by atoms with E-state index in [-0.39, 0.29) is 0 Å². The highest BCUT2D eigenvalue weighted by Crippen LogP contribution is 2.30. The standard InChI is InChI=1S/C13H19F3N2O/c1-19-10-9-18(8-2-7-17)12-5-3-11(4-6-12)13(14,15)16/h3-6H,2,7-10,17H2,1H3. The molecule has 0 aromatic heterocycles. The minimum Gasteiger partial charge on any atom is -0.383 e. The van der Waals surface area contributed by atoms with E-state index in [0.29, 0.717) is 26.2 Å². The van der Waals surface area contributed by atoms with Crippen LogP contribution >= 0.6 is 0 Å². The van der Waals surface area contributed by atoms with E-state index in [9.17, 15) is 13.2 Å². The van der Waals surface area contributed by atoms with Crippen LogP contribution in [0.2, 0.25) is 0 Å². The number of methoxy groups -OCH3 is 1. The van der Waals surface area contributed by atoms with E-state index in [2.05, 4.69) is 0 Å². The zero-order valence-electron chi connectivity index (χ0n) is 10.9. The molecule has 1 rings (SSSR count). The Balaban J connectivity index is 2.78. The van der Waals surface area contributed by atoms with Crippen molar-refractivity contribution in [2.24, 2.45) is 5.73 Å². The van der Waals surface area contributed by atoms with Gasteiger partial charge in [-0.2, -0.15) is 13.2 Å². The highest BCUT2D eigenvalue weighted by Gasteiger charge is 2.30. The van der Waals surface area contributed by atoms with Crippen LogP contribution in [0.3, 0.4) is 0 Å². The molecule has 1 aromatic rings. The zero-order chi connectivity index (χ0) is 14.3. The molecule has 1 aromatic carbocycles. The topological polar surface area (TPSA) is 38.5 Å². The third-order valence-electron chi connectivity index (χ3n) is 2.76. The number of alkyl halides is 3. The lowest BCUT2D eigenvalue weighted by atomic mass is 10.2. The van der Waals surface area contributed by atoms with E-state index in [1.54, 1.807) is 7.11 Å². The highest BCUT2D eigenvalue weighted by atomic mass is 19.4. The molecule has 0 spiro atoms. The van der Waals surface area contributed by atoms with Gasteiger partial charge in [0, 0.05) is 25.9 Å². The largest absolute Gasteiger partial charge is 0.416 e. The van der Waals surface area contributed by atoms with Gasteiger partial charge in [-0.1, -0.05) is 0 Å². The Labute approximate surface area is 111 Å². The number of nitrogens with two attached hydrogens (primary N) is 1. The summed E-state index contributed by atoms with van der Waals surface area (Å²) in [6.07, 6.45) is -3.52. The fraction of sp³-hybridized carbons (Fsp3) is 0.538. The van der Waals surface area contributed by atoms with E-state index in [1.165, 1.54) is 12.1 Å². The van der Waals surface area contributed by atoms with Gasteiger partial charge in [0.15, 0.2) is 0 Å².